The van der Waals surface area contributed by atoms with E-state index in [-0.39, 0.29) is 11.8 Å². The van der Waals surface area contributed by atoms with Gasteiger partial charge in [0.15, 0.2) is 0 Å². The Bertz CT molecular complexity index is 418. The molecule has 1 rings (SSSR count). The molecule has 1 aromatic carbocycles. The normalized spacial score (nSPS) is 13.7. The van der Waals surface area contributed by atoms with Gasteiger partial charge in [0.1, 0.15) is 0 Å². The second-order valence-corrected chi connectivity index (χ2v) is 3.75. The zero-order valence-electron chi connectivity index (χ0n) is 10.6. The van der Waals surface area contributed by atoms with Crippen molar-refractivity contribution in [2.75, 3.05) is 7.05 Å². The van der Waals surface area contributed by atoms with Crippen LogP contribution in [-0.2, 0) is 4.79 Å². The van der Waals surface area contributed by atoms with Crippen LogP contribution in [-0.4, -0.2) is 13.0 Å². The number of allylic oxidation sites excluding steroid dienone is 3. The highest BCUT2D eigenvalue weighted by atomic mass is 16.1. The number of carbonyl (C=O) groups is 1. The van der Waals surface area contributed by atoms with Gasteiger partial charge < -0.3 is 5.32 Å². The molecule has 1 amide bonds. The van der Waals surface area contributed by atoms with Gasteiger partial charge in [-0.3, -0.25) is 4.79 Å². The molecular formula is C15H19NO. The van der Waals surface area contributed by atoms with Crippen molar-refractivity contribution in [1.29, 1.82) is 0 Å². The molecule has 1 unspecified atom stereocenters. The van der Waals surface area contributed by atoms with Crippen LogP contribution in [0.1, 0.15) is 25.3 Å². The number of hydrogen-bond acceptors (Lipinski definition) is 1. The van der Waals surface area contributed by atoms with Crippen molar-refractivity contribution in [3.8, 4) is 0 Å². The average Bonchev–Trinajstić information content (AvgIpc) is 2.39. The molecule has 1 atom stereocenters. The van der Waals surface area contributed by atoms with Crippen LogP contribution in [0.15, 0.2) is 54.1 Å². The molecule has 1 aromatic rings. The van der Waals surface area contributed by atoms with Crippen LogP contribution < -0.4 is 5.32 Å². The number of rotatable bonds is 4. The summed E-state index contributed by atoms with van der Waals surface area (Å²) in [5, 5.41) is 2.72. The lowest BCUT2D eigenvalue weighted by Crippen LogP contribution is -2.26. The van der Waals surface area contributed by atoms with E-state index in [0.717, 1.165) is 11.1 Å². The molecule has 2 nitrogen and oxygen atoms in total. The van der Waals surface area contributed by atoms with Crippen molar-refractivity contribution in [2.24, 2.45) is 0 Å². The predicted molar refractivity (Wildman–Crippen MR) is 71.8 cm³/mol. The summed E-state index contributed by atoms with van der Waals surface area (Å²) in [5.74, 6) is -0.218. The Kier molecular flexibility index (Phi) is 5.21. The molecule has 0 aliphatic rings. The lowest BCUT2D eigenvalue weighted by atomic mass is 9.89. The van der Waals surface area contributed by atoms with Crippen molar-refractivity contribution >= 4 is 5.91 Å². The quantitative estimate of drug-likeness (QED) is 0.790. The van der Waals surface area contributed by atoms with Gasteiger partial charge in [0.25, 0.3) is 0 Å². The number of benzene rings is 1. The van der Waals surface area contributed by atoms with Gasteiger partial charge in [-0.2, -0.15) is 0 Å². The molecule has 0 aromatic heterocycles. The summed E-state index contributed by atoms with van der Waals surface area (Å²) in [6.45, 7) is 3.91. The Hall–Kier alpha value is -1.83. The summed E-state index contributed by atoms with van der Waals surface area (Å²) in [7, 11) is 1.67. The van der Waals surface area contributed by atoms with E-state index >= 15 is 0 Å². The van der Waals surface area contributed by atoms with Crippen LogP contribution in [0.5, 0.6) is 0 Å². The second-order valence-electron chi connectivity index (χ2n) is 3.75. The number of likely N-dealkylation sites (N-methyl/N-ethyl adjacent to an activating group) is 1. The second kappa shape index (κ2) is 6.69. The van der Waals surface area contributed by atoms with E-state index in [4.69, 9.17) is 0 Å². The zero-order chi connectivity index (χ0) is 12.7. The minimum Gasteiger partial charge on any atom is -0.358 e. The maximum absolute atomic E-state index is 12.0. The Labute approximate surface area is 103 Å². The molecule has 0 spiro atoms. The fraction of sp³-hybridized carbons (Fsp3) is 0.267. The monoisotopic (exact) mass is 229 g/mol. The Balaban J connectivity index is 3.17. The summed E-state index contributed by atoms with van der Waals surface area (Å²) < 4.78 is 0. The molecule has 17 heavy (non-hydrogen) atoms. The minimum atomic E-state index is -0.234. The summed E-state index contributed by atoms with van der Waals surface area (Å²) >= 11 is 0. The van der Waals surface area contributed by atoms with E-state index in [1.807, 2.05) is 62.4 Å². The molecule has 2 heteroatoms. The first-order valence-corrected chi connectivity index (χ1v) is 5.80. The Morgan fingerprint density at radius 1 is 1.24 bits per heavy atom. The molecule has 0 fully saturated rings. The largest absolute Gasteiger partial charge is 0.358 e. The van der Waals surface area contributed by atoms with Crippen molar-refractivity contribution in [2.45, 2.75) is 19.8 Å². The van der Waals surface area contributed by atoms with Crippen molar-refractivity contribution in [3.05, 3.63) is 59.7 Å². The van der Waals surface area contributed by atoms with Gasteiger partial charge in [-0.15, -0.1) is 0 Å². The summed E-state index contributed by atoms with van der Waals surface area (Å²) in [5.41, 5.74) is 2.02. The Morgan fingerprint density at radius 3 is 2.35 bits per heavy atom. The van der Waals surface area contributed by atoms with Gasteiger partial charge in [-0.25, -0.2) is 0 Å². The number of hydrogen-bond donors (Lipinski definition) is 1. The van der Waals surface area contributed by atoms with Crippen LogP contribution in [0.2, 0.25) is 0 Å². The molecule has 0 aliphatic heterocycles. The fourth-order valence-electron chi connectivity index (χ4n) is 1.84. The van der Waals surface area contributed by atoms with Crippen LogP contribution in [0, 0.1) is 0 Å². The highest BCUT2D eigenvalue weighted by Crippen LogP contribution is 2.25. The first-order chi connectivity index (χ1) is 8.24. The topological polar surface area (TPSA) is 29.1 Å². The maximum atomic E-state index is 12.0. The molecule has 90 valence electrons. The van der Waals surface area contributed by atoms with Crippen LogP contribution >= 0.6 is 0 Å². The molecular weight excluding hydrogens is 210 g/mol. The summed E-state index contributed by atoms with van der Waals surface area (Å²) in [6.07, 6.45) is 5.91. The van der Waals surface area contributed by atoms with E-state index in [1.54, 1.807) is 7.05 Å². The molecule has 0 bridgehead atoms. The predicted octanol–water partition coefficient (Wildman–Crippen LogP) is 3.04. The van der Waals surface area contributed by atoms with Gasteiger partial charge in [0.05, 0.1) is 5.92 Å². The van der Waals surface area contributed by atoms with Crippen molar-refractivity contribution in [3.63, 3.8) is 0 Å². The fourth-order valence-corrected chi connectivity index (χ4v) is 1.84. The van der Waals surface area contributed by atoms with E-state index in [1.165, 1.54) is 0 Å². The van der Waals surface area contributed by atoms with Crippen LogP contribution in [0.25, 0.3) is 0 Å². The van der Waals surface area contributed by atoms with Gasteiger partial charge in [-0.05, 0) is 25.0 Å². The molecule has 0 radical (unpaired) electrons. The SMILES string of the molecule is C/C=C\C(=C/C)C(C(=O)NC)c1ccccc1. The Morgan fingerprint density at radius 2 is 1.88 bits per heavy atom. The first-order valence-electron chi connectivity index (χ1n) is 5.80. The van der Waals surface area contributed by atoms with Crippen molar-refractivity contribution < 1.29 is 4.79 Å². The first kappa shape index (κ1) is 13.2. The van der Waals surface area contributed by atoms with Crippen LogP contribution in [0.4, 0.5) is 0 Å². The number of carbonyl (C=O) groups excluding carboxylic acids is 1. The zero-order valence-corrected chi connectivity index (χ0v) is 10.6. The van der Waals surface area contributed by atoms with E-state index in [0.29, 0.717) is 0 Å². The molecule has 0 saturated heterocycles. The third kappa shape index (κ3) is 3.31. The average molecular weight is 229 g/mol. The van der Waals surface area contributed by atoms with Crippen LogP contribution in [0.3, 0.4) is 0 Å². The maximum Gasteiger partial charge on any atom is 0.231 e. The van der Waals surface area contributed by atoms with E-state index in [2.05, 4.69) is 5.32 Å². The lowest BCUT2D eigenvalue weighted by molar-refractivity contribution is -0.121. The van der Waals surface area contributed by atoms with Gasteiger partial charge >= 0.3 is 0 Å². The summed E-state index contributed by atoms with van der Waals surface area (Å²) in [6, 6.07) is 9.82. The molecule has 0 saturated carbocycles. The van der Waals surface area contributed by atoms with E-state index in [9.17, 15) is 4.79 Å². The smallest absolute Gasteiger partial charge is 0.231 e. The van der Waals surface area contributed by atoms with Gasteiger partial charge in [-0.1, -0.05) is 48.6 Å². The summed E-state index contributed by atoms with van der Waals surface area (Å²) in [4.78, 5) is 12.0. The van der Waals surface area contributed by atoms with Crippen molar-refractivity contribution in [1.82, 2.24) is 5.32 Å². The van der Waals surface area contributed by atoms with Gasteiger partial charge in [0.2, 0.25) is 5.91 Å². The highest BCUT2D eigenvalue weighted by molar-refractivity contribution is 5.87. The third-order valence-electron chi connectivity index (χ3n) is 2.67. The minimum absolute atomic E-state index is 0.0161. The molecule has 0 aliphatic carbocycles. The molecule has 0 heterocycles. The lowest BCUT2D eigenvalue weighted by Gasteiger charge is -2.17. The molecule has 1 N–H and O–H groups in total. The van der Waals surface area contributed by atoms with Gasteiger partial charge in [0, 0.05) is 7.05 Å². The number of amides is 1. The highest BCUT2D eigenvalue weighted by Gasteiger charge is 2.21. The standard InChI is InChI=1S/C15H19NO/c1-4-9-12(5-2)14(15(17)16-3)13-10-7-6-8-11-13/h4-11,14H,1-3H3,(H,16,17)/b9-4-,12-5+. The number of nitrogens with one attached hydrogen (secondary N) is 1. The van der Waals surface area contributed by atoms with E-state index < -0.39 is 0 Å². The third-order valence-corrected chi connectivity index (χ3v) is 2.67.